The molecule has 0 amide bonds. The predicted octanol–water partition coefficient (Wildman–Crippen LogP) is 2.32. The number of carbonyl (C=O) groups is 1. The number of nitrogens with zero attached hydrogens (tertiary/aromatic N) is 3. The van der Waals surface area contributed by atoms with Gasteiger partial charge in [-0.1, -0.05) is 0 Å². The molecule has 1 saturated carbocycles. The lowest BCUT2D eigenvalue weighted by atomic mass is 10.2. The number of fused-ring (bicyclic) bond motifs is 1. The van der Waals surface area contributed by atoms with Gasteiger partial charge in [0, 0.05) is 10.7 Å². The Morgan fingerprint density at radius 2 is 2.35 bits per heavy atom. The van der Waals surface area contributed by atoms with Crippen LogP contribution < -0.4 is 0 Å². The fourth-order valence-electron chi connectivity index (χ4n) is 1.82. The van der Waals surface area contributed by atoms with Crippen molar-refractivity contribution in [3.63, 3.8) is 0 Å². The number of hydrogen-bond acceptors (Lipinski definition) is 4. The molecule has 1 aliphatic carbocycles. The number of pyridine rings is 1. The Labute approximate surface area is 106 Å². The van der Waals surface area contributed by atoms with Gasteiger partial charge >= 0.3 is 5.97 Å². The van der Waals surface area contributed by atoms with E-state index in [9.17, 15) is 4.79 Å². The minimum atomic E-state index is -0.422. The Morgan fingerprint density at radius 3 is 3.00 bits per heavy atom. The van der Waals surface area contributed by atoms with Crippen LogP contribution >= 0.6 is 15.9 Å². The van der Waals surface area contributed by atoms with E-state index in [1.54, 1.807) is 6.20 Å². The molecule has 0 N–H and O–H groups in total. The molecule has 0 spiro atoms. The van der Waals surface area contributed by atoms with Crippen molar-refractivity contribution < 1.29 is 9.53 Å². The molecule has 2 aromatic rings. The van der Waals surface area contributed by atoms with Crippen LogP contribution in [-0.4, -0.2) is 27.8 Å². The van der Waals surface area contributed by atoms with E-state index in [-0.39, 0.29) is 0 Å². The number of carbonyl (C=O) groups excluding carboxylic acids is 1. The first-order valence-corrected chi connectivity index (χ1v) is 6.12. The van der Waals surface area contributed by atoms with Crippen LogP contribution in [0.4, 0.5) is 0 Å². The molecule has 88 valence electrons. The van der Waals surface area contributed by atoms with E-state index in [2.05, 4.69) is 26.0 Å². The number of aromatic nitrogens is 3. The van der Waals surface area contributed by atoms with Crippen molar-refractivity contribution in [2.75, 3.05) is 7.11 Å². The Bertz CT molecular complexity index is 604. The Kier molecular flexibility index (Phi) is 2.39. The monoisotopic (exact) mass is 295 g/mol. The molecule has 0 bridgehead atoms. The third-order valence-electron chi connectivity index (χ3n) is 2.78. The summed E-state index contributed by atoms with van der Waals surface area (Å²) in [6.07, 6.45) is 3.90. The fourth-order valence-corrected chi connectivity index (χ4v) is 2.15. The molecule has 0 aromatic carbocycles. The van der Waals surface area contributed by atoms with Gasteiger partial charge in [-0.3, -0.25) is 0 Å². The van der Waals surface area contributed by atoms with Crippen molar-refractivity contribution in [3.05, 3.63) is 22.4 Å². The molecular formula is C11H10BrN3O2. The number of halogens is 1. The highest BCUT2D eigenvalue weighted by molar-refractivity contribution is 9.10. The Morgan fingerprint density at radius 1 is 1.59 bits per heavy atom. The number of ether oxygens (including phenoxy) is 1. The van der Waals surface area contributed by atoms with E-state index < -0.39 is 5.97 Å². The third kappa shape index (κ3) is 1.72. The van der Waals surface area contributed by atoms with Gasteiger partial charge in [-0.15, -0.1) is 0 Å². The van der Waals surface area contributed by atoms with E-state index in [0.29, 0.717) is 11.7 Å². The molecule has 0 radical (unpaired) electrons. The highest BCUT2D eigenvalue weighted by atomic mass is 79.9. The van der Waals surface area contributed by atoms with Gasteiger partial charge in [-0.25, -0.2) is 14.5 Å². The van der Waals surface area contributed by atoms with E-state index in [4.69, 9.17) is 4.74 Å². The number of rotatable bonds is 2. The van der Waals surface area contributed by atoms with Crippen LogP contribution in [0.15, 0.2) is 16.7 Å². The number of hydrogen-bond donors (Lipinski definition) is 0. The van der Waals surface area contributed by atoms with Gasteiger partial charge in [-0.2, -0.15) is 5.10 Å². The third-order valence-corrected chi connectivity index (χ3v) is 3.22. The topological polar surface area (TPSA) is 57.0 Å². The second-order valence-corrected chi connectivity index (χ2v) is 4.96. The highest BCUT2D eigenvalue weighted by Gasteiger charge is 2.29. The summed E-state index contributed by atoms with van der Waals surface area (Å²) in [5.41, 5.74) is 1.08. The summed E-state index contributed by atoms with van der Waals surface area (Å²) in [4.78, 5) is 16.0. The first-order chi connectivity index (χ1) is 8.20. The average molecular weight is 296 g/mol. The van der Waals surface area contributed by atoms with E-state index in [1.807, 2.05) is 10.7 Å². The van der Waals surface area contributed by atoms with Crippen molar-refractivity contribution >= 4 is 32.9 Å². The van der Waals surface area contributed by atoms with Crippen LogP contribution in [0.1, 0.15) is 29.4 Å². The quantitative estimate of drug-likeness (QED) is 0.798. The SMILES string of the molecule is COC(=O)c1nn(C2CC2)c2ncc(Br)cc12. The fraction of sp³-hybridized carbons (Fsp3) is 0.364. The maximum atomic E-state index is 11.7. The van der Waals surface area contributed by atoms with Gasteiger partial charge < -0.3 is 4.74 Å². The standard InChI is InChI=1S/C11H10BrN3O2/c1-17-11(16)9-8-4-6(12)5-13-10(8)15(14-9)7-2-3-7/h4-5,7H,2-3H2,1H3. The maximum absolute atomic E-state index is 11.7. The van der Waals surface area contributed by atoms with E-state index >= 15 is 0 Å². The van der Waals surface area contributed by atoms with Gasteiger partial charge in [0.15, 0.2) is 11.3 Å². The molecule has 1 fully saturated rings. The summed E-state index contributed by atoms with van der Waals surface area (Å²) < 4.78 is 7.39. The molecule has 0 saturated heterocycles. The first-order valence-electron chi connectivity index (χ1n) is 5.33. The summed E-state index contributed by atoms with van der Waals surface area (Å²) in [5, 5.41) is 5.06. The molecule has 1 aliphatic rings. The van der Waals surface area contributed by atoms with Crippen molar-refractivity contribution in [2.24, 2.45) is 0 Å². The lowest BCUT2D eigenvalue weighted by Gasteiger charge is -1.97. The van der Waals surface area contributed by atoms with Crippen LogP contribution in [0.2, 0.25) is 0 Å². The zero-order valence-electron chi connectivity index (χ0n) is 9.18. The van der Waals surface area contributed by atoms with Crippen LogP contribution in [-0.2, 0) is 4.74 Å². The van der Waals surface area contributed by atoms with Crippen molar-refractivity contribution in [1.29, 1.82) is 0 Å². The molecule has 0 aliphatic heterocycles. The Balaban J connectivity index is 2.26. The zero-order chi connectivity index (χ0) is 12.0. The second kappa shape index (κ2) is 3.80. The van der Waals surface area contributed by atoms with Crippen LogP contribution in [0.5, 0.6) is 0 Å². The smallest absolute Gasteiger partial charge is 0.359 e. The highest BCUT2D eigenvalue weighted by Crippen LogP contribution is 2.37. The summed E-state index contributed by atoms with van der Waals surface area (Å²) in [6, 6.07) is 2.23. The minimum absolute atomic E-state index is 0.336. The predicted molar refractivity (Wildman–Crippen MR) is 64.8 cm³/mol. The van der Waals surface area contributed by atoms with Crippen molar-refractivity contribution in [3.8, 4) is 0 Å². The lowest BCUT2D eigenvalue weighted by molar-refractivity contribution is 0.0595. The Hall–Kier alpha value is -1.43. The van der Waals surface area contributed by atoms with Gasteiger partial charge in [0.2, 0.25) is 0 Å². The van der Waals surface area contributed by atoms with Gasteiger partial charge in [0.05, 0.1) is 18.5 Å². The van der Waals surface area contributed by atoms with E-state index in [1.165, 1.54) is 7.11 Å². The van der Waals surface area contributed by atoms with Crippen LogP contribution in [0, 0.1) is 0 Å². The number of methoxy groups -OCH3 is 1. The molecule has 17 heavy (non-hydrogen) atoms. The molecule has 6 heteroatoms. The second-order valence-electron chi connectivity index (χ2n) is 4.04. The van der Waals surface area contributed by atoms with Crippen LogP contribution in [0.25, 0.3) is 11.0 Å². The van der Waals surface area contributed by atoms with Crippen LogP contribution in [0.3, 0.4) is 0 Å². The summed E-state index contributed by atoms with van der Waals surface area (Å²) in [5.74, 6) is -0.422. The molecule has 0 atom stereocenters. The number of esters is 1. The molecule has 2 aromatic heterocycles. The maximum Gasteiger partial charge on any atom is 0.359 e. The summed E-state index contributed by atoms with van der Waals surface area (Å²) in [7, 11) is 1.36. The van der Waals surface area contributed by atoms with Gasteiger partial charge in [0.1, 0.15) is 0 Å². The lowest BCUT2D eigenvalue weighted by Crippen LogP contribution is -2.04. The molecule has 2 heterocycles. The molecule has 3 rings (SSSR count). The first kappa shape index (κ1) is 10.7. The molecule has 5 nitrogen and oxygen atoms in total. The normalized spacial score (nSPS) is 15.2. The van der Waals surface area contributed by atoms with E-state index in [0.717, 1.165) is 28.3 Å². The van der Waals surface area contributed by atoms with Gasteiger partial charge in [0.25, 0.3) is 0 Å². The summed E-state index contributed by atoms with van der Waals surface area (Å²) in [6.45, 7) is 0. The molecule has 0 unspecified atom stereocenters. The van der Waals surface area contributed by atoms with Gasteiger partial charge in [-0.05, 0) is 34.8 Å². The van der Waals surface area contributed by atoms with Crippen molar-refractivity contribution in [1.82, 2.24) is 14.8 Å². The largest absolute Gasteiger partial charge is 0.464 e. The zero-order valence-corrected chi connectivity index (χ0v) is 10.8. The molecular weight excluding hydrogens is 286 g/mol. The summed E-state index contributed by atoms with van der Waals surface area (Å²) >= 11 is 3.35. The van der Waals surface area contributed by atoms with Crippen molar-refractivity contribution in [2.45, 2.75) is 18.9 Å². The minimum Gasteiger partial charge on any atom is -0.464 e. The average Bonchev–Trinajstić information content (AvgIpc) is 3.10.